The Morgan fingerprint density at radius 2 is 2.24 bits per heavy atom. The van der Waals surface area contributed by atoms with Gasteiger partial charge in [-0.05, 0) is 13.0 Å². The number of esters is 1. The highest BCUT2D eigenvalue weighted by molar-refractivity contribution is 9.08. The second kappa shape index (κ2) is 6.00. The van der Waals surface area contributed by atoms with Gasteiger partial charge in [-0.3, -0.25) is 0 Å². The van der Waals surface area contributed by atoms with Crippen LogP contribution in [0.2, 0.25) is 0 Å². The third-order valence-corrected chi connectivity index (χ3v) is 2.48. The first-order valence-corrected chi connectivity index (χ1v) is 5.83. The summed E-state index contributed by atoms with van der Waals surface area (Å²) in [4.78, 5) is 14.7. The third kappa shape index (κ3) is 3.18. The molecule has 1 aromatic heterocycles. The zero-order chi connectivity index (χ0) is 13.0. The van der Waals surface area contributed by atoms with Crippen molar-refractivity contribution in [2.24, 2.45) is 0 Å². The Labute approximate surface area is 104 Å². The van der Waals surface area contributed by atoms with Crippen molar-refractivity contribution in [2.45, 2.75) is 18.7 Å². The van der Waals surface area contributed by atoms with Crippen LogP contribution in [0, 0.1) is 5.95 Å². The molecule has 0 atom stereocenters. The van der Waals surface area contributed by atoms with Crippen LogP contribution in [0.15, 0.2) is 6.07 Å². The van der Waals surface area contributed by atoms with Gasteiger partial charge in [0.15, 0.2) is 0 Å². The minimum Gasteiger partial charge on any atom is -0.462 e. The van der Waals surface area contributed by atoms with Gasteiger partial charge in [-0.25, -0.2) is 18.6 Å². The number of alkyl halides is 3. The van der Waals surface area contributed by atoms with Crippen molar-refractivity contribution in [3.63, 3.8) is 0 Å². The first kappa shape index (κ1) is 14.0. The minimum atomic E-state index is -2.97. The number of aromatic nitrogens is 1. The highest BCUT2D eigenvalue weighted by Crippen LogP contribution is 2.26. The average molecular weight is 312 g/mol. The fourth-order valence-corrected chi connectivity index (χ4v) is 1.52. The summed E-state index contributed by atoms with van der Waals surface area (Å²) in [5, 5.41) is 0.118. The Morgan fingerprint density at radius 1 is 1.59 bits per heavy atom. The van der Waals surface area contributed by atoms with Crippen molar-refractivity contribution in [1.82, 2.24) is 4.98 Å². The van der Waals surface area contributed by atoms with Crippen molar-refractivity contribution < 1.29 is 22.7 Å². The lowest BCUT2D eigenvalue weighted by Crippen LogP contribution is -2.13. The molecule has 0 aliphatic rings. The Balaban J connectivity index is 3.31. The summed E-state index contributed by atoms with van der Waals surface area (Å²) in [5.41, 5.74) is -1.41. The quantitative estimate of drug-likeness (QED) is 0.487. The summed E-state index contributed by atoms with van der Waals surface area (Å²) >= 11 is 2.98. The first-order valence-electron chi connectivity index (χ1n) is 4.71. The molecule has 1 rings (SSSR count). The molecule has 3 nitrogen and oxygen atoms in total. The molecule has 0 unspecified atom stereocenters. The molecule has 1 heterocycles. The lowest BCUT2D eigenvalue weighted by molar-refractivity contribution is 0.0508. The zero-order valence-corrected chi connectivity index (χ0v) is 10.4. The van der Waals surface area contributed by atoms with Gasteiger partial charge in [-0.15, -0.1) is 0 Å². The van der Waals surface area contributed by atoms with E-state index in [1.165, 1.54) is 6.92 Å². The van der Waals surface area contributed by atoms with E-state index in [0.29, 0.717) is 0 Å². The Morgan fingerprint density at radius 3 is 2.71 bits per heavy atom. The van der Waals surface area contributed by atoms with Crippen molar-refractivity contribution in [1.29, 1.82) is 0 Å². The maximum Gasteiger partial charge on any atom is 0.343 e. The van der Waals surface area contributed by atoms with E-state index in [1.54, 1.807) is 0 Å². The van der Waals surface area contributed by atoms with Gasteiger partial charge in [-0.2, -0.15) is 4.39 Å². The second-order valence-electron chi connectivity index (χ2n) is 3.02. The number of rotatable bonds is 4. The fraction of sp³-hybridized carbons (Fsp3) is 0.400. The van der Waals surface area contributed by atoms with E-state index < -0.39 is 29.5 Å². The van der Waals surface area contributed by atoms with E-state index in [-0.39, 0.29) is 17.6 Å². The molecule has 94 valence electrons. The van der Waals surface area contributed by atoms with Gasteiger partial charge in [0.1, 0.15) is 5.56 Å². The van der Waals surface area contributed by atoms with Crippen LogP contribution in [-0.4, -0.2) is 17.6 Å². The first-order chi connectivity index (χ1) is 8.01. The number of carbonyl (C=O) groups excluding carboxylic acids is 1. The van der Waals surface area contributed by atoms with E-state index in [4.69, 9.17) is 0 Å². The van der Waals surface area contributed by atoms with Crippen molar-refractivity contribution in [2.75, 3.05) is 6.61 Å². The predicted octanol–water partition coefficient (Wildman–Crippen LogP) is 3.23. The van der Waals surface area contributed by atoms with E-state index in [0.717, 1.165) is 6.07 Å². The van der Waals surface area contributed by atoms with Crippen LogP contribution in [0.4, 0.5) is 13.2 Å². The molecule has 0 radical (unpaired) electrons. The average Bonchev–Trinajstić information content (AvgIpc) is 2.27. The molecule has 7 heteroatoms. The molecule has 0 aromatic carbocycles. The van der Waals surface area contributed by atoms with E-state index >= 15 is 0 Å². The van der Waals surface area contributed by atoms with E-state index in [9.17, 15) is 18.0 Å². The molecule has 0 N–H and O–H groups in total. The molecule has 0 bridgehead atoms. The molecule has 0 saturated heterocycles. The lowest BCUT2D eigenvalue weighted by Gasteiger charge is -2.10. The minimum absolute atomic E-state index is 0.0266. The number of halogens is 4. The van der Waals surface area contributed by atoms with Crippen LogP contribution in [0.25, 0.3) is 0 Å². The SMILES string of the molecule is CCOC(=O)c1c(C(F)F)cc(CBr)nc1F. The summed E-state index contributed by atoms with van der Waals surface area (Å²) in [6.45, 7) is 1.47. The smallest absolute Gasteiger partial charge is 0.343 e. The third-order valence-electron chi connectivity index (χ3n) is 1.91. The van der Waals surface area contributed by atoms with Gasteiger partial charge in [0.05, 0.1) is 12.3 Å². The van der Waals surface area contributed by atoms with Crippen molar-refractivity contribution in [3.05, 3.63) is 28.8 Å². The van der Waals surface area contributed by atoms with Gasteiger partial charge in [0, 0.05) is 10.9 Å². The van der Waals surface area contributed by atoms with Gasteiger partial charge in [-0.1, -0.05) is 15.9 Å². The van der Waals surface area contributed by atoms with Gasteiger partial charge in [0.25, 0.3) is 6.43 Å². The molecule has 0 fully saturated rings. The molecular formula is C10H9BrF3NO2. The van der Waals surface area contributed by atoms with Crippen LogP contribution >= 0.6 is 15.9 Å². The van der Waals surface area contributed by atoms with Crippen molar-refractivity contribution >= 4 is 21.9 Å². The van der Waals surface area contributed by atoms with Gasteiger partial charge < -0.3 is 4.74 Å². The van der Waals surface area contributed by atoms with Crippen LogP contribution in [-0.2, 0) is 10.1 Å². The highest BCUT2D eigenvalue weighted by atomic mass is 79.9. The van der Waals surface area contributed by atoms with Gasteiger partial charge in [0.2, 0.25) is 5.95 Å². The largest absolute Gasteiger partial charge is 0.462 e. The molecule has 0 amide bonds. The second-order valence-corrected chi connectivity index (χ2v) is 3.58. The monoisotopic (exact) mass is 311 g/mol. The summed E-state index contributed by atoms with van der Waals surface area (Å²) in [7, 11) is 0. The summed E-state index contributed by atoms with van der Waals surface area (Å²) in [5.74, 6) is -2.37. The number of ether oxygens (including phenoxy) is 1. The molecule has 1 aromatic rings. The Kier molecular flexibility index (Phi) is 4.92. The fourth-order valence-electron chi connectivity index (χ4n) is 1.23. The number of hydrogen-bond donors (Lipinski definition) is 0. The summed E-state index contributed by atoms with van der Waals surface area (Å²) < 4.78 is 43.4. The lowest BCUT2D eigenvalue weighted by atomic mass is 10.1. The summed E-state index contributed by atoms with van der Waals surface area (Å²) in [6.07, 6.45) is -2.97. The Hall–Kier alpha value is -1.11. The van der Waals surface area contributed by atoms with Crippen LogP contribution < -0.4 is 0 Å². The maximum atomic E-state index is 13.5. The molecule has 0 saturated carbocycles. The standard InChI is InChI=1S/C10H9BrF3NO2/c1-2-17-10(16)7-6(8(12)13)3-5(4-11)15-9(7)14/h3,8H,2,4H2,1H3. The molecule has 0 aliphatic carbocycles. The number of nitrogens with zero attached hydrogens (tertiary/aromatic N) is 1. The highest BCUT2D eigenvalue weighted by Gasteiger charge is 2.25. The van der Waals surface area contributed by atoms with Crippen LogP contribution in [0.1, 0.15) is 35.0 Å². The zero-order valence-electron chi connectivity index (χ0n) is 8.84. The molecule has 0 aliphatic heterocycles. The van der Waals surface area contributed by atoms with E-state index in [1.807, 2.05) is 0 Å². The maximum absolute atomic E-state index is 13.5. The molecule has 17 heavy (non-hydrogen) atoms. The van der Waals surface area contributed by atoms with Gasteiger partial charge >= 0.3 is 5.97 Å². The summed E-state index contributed by atoms with van der Waals surface area (Å²) in [6, 6.07) is 0.981. The van der Waals surface area contributed by atoms with Crippen LogP contribution in [0.3, 0.4) is 0 Å². The number of hydrogen-bond acceptors (Lipinski definition) is 3. The number of carbonyl (C=O) groups is 1. The van der Waals surface area contributed by atoms with E-state index in [2.05, 4.69) is 25.7 Å². The van der Waals surface area contributed by atoms with Crippen LogP contribution in [0.5, 0.6) is 0 Å². The van der Waals surface area contributed by atoms with Crippen molar-refractivity contribution in [3.8, 4) is 0 Å². The molecular weight excluding hydrogens is 303 g/mol. The Bertz CT molecular complexity index is 426. The molecule has 0 spiro atoms. The topological polar surface area (TPSA) is 39.2 Å². The number of pyridine rings is 1. The predicted molar refractivity (Wildman–Crippen MR) is 57.7 cm³/mol. The normalized spacial score (nSPS) is 10.7.